The van der Waals surface area contributed by atoms with Gasteiger partial charge in [-0.3, -0.25) is 4.79 Å². The SMILES string of the molecule is C=CCNC(=O)c1ccccc1NCc1nc(-c2ccc(Cl)cc2)no1. The average Bonchev–Trinajstić information content (AvgIpc) is 3.14. The zero-order valence-corrected chi connectivity index (χ0v) is 14.7. The van der Waals surface area contributed by atoms with Crippen molar-refractivity contribution in [3.63, 3.8) is 0 Å². The molecule has 1 heterocycles. The summed E-state index contributed by atoms with van der Waals surface area (Å²) in [4.78, 5) is 16.5. The van der Waals surface area contributed by atoms with Crippen LogP contribution < -0.4 is 10.6 Å². The van der Waals surface area contributed by atoms with Crippen LogP contribution in [0.25, 0.3) is 11.4 Å². The summed E-state index contributed by atoms with van der Waals surface area (Å²) >= 11 is 5.88. The number of hydrogen-bond acceptors (Lipinski definition) is 5. The smallest absolute Gasteiger partial charge is 0.253 e. The first kappa shape index (κ1) is 17.7. The quantitative estimate of drug-likeness (QED) is 0.618. The molecule has 0 bridgehead atoms. The summed E-state index contributed by atoms with van der Waals surface area (Å²) in [6.45, 7) is 4.29. The molecule has 3 rings (SSSR count). The van der Waals surface area contributed by atoms with Crippen LogP contribution in [0.3, 0.4) is 0 Å². The van der Waals surface area contributed by atoms with E-state index in [1.165, 1.54) is 0 Å². The second-order valence-corrected chi connectivity index (χ2v) is 5.85. The van der Waals surface area contributed by atoms with E-state index in [1.54, 1.807) is 30.3 Å². The van der Waals surface area contributed by atoms with Gasteiger partial charge < -0.3 is 15.2 Å². The summed E-state index contributed by atoms with van der Waals surface area (Å²) in [7, 11) is 0. The summed E-state index contributed by atoms with van der Waals surface area (Å²) in [5.41, 5.74) is 2.03. The number of carbonyl (C=O) groups excluding carboxylic acids is 1. The Balaban J connectivity index is 1.69. The maximum Gasteiger partial charge on any atom is 0.253 e. The number of aromatic nitrogens is 2. The van der Waals surface area contributed by atoms with Crippen LogP contribution in [0.4, 0.5) is 5.69 Å². The normalized spacial score (nSPS) is 10.3. The number of nitrogens with one attached hydrogen (secondary N) is 2. The minimum absolute atomic E-state index is 0.180. The summed E-state index contributed by atoms with van der Waals surface area (Å²) in [5, 5.41) is 10.5. The molecule has 6 nitrogen and oxygen atoms in total. The maximum absolute atomic E-state index is 12.2. The molecule has 1 aromatic heterocycles. The van der Waals surface area contributed by atoms with E-state index in [4.69, 9.17) is 16.1 Å². The molecule has 0 saturated carbocycles. The fraction of sp³-hybridized carbons (Fsp3) is 0.105. The second-order valence-electron chi connectivity index (χ2n) is 5.42. The largest absolute Gasteiger partial charge is 0.375 e. The monoisotopic (exact) mass is 368 g/mol. The molecule has 0 aliphatic rings. The van der Waals surface area contributed by atoms with Crippen LogP contribution >= 0.6 is 11.6 Å². The Kier molecular flexibility index (Phi) is 5.66. The minimum Gasteiger partial charge on any atom is -0.375 e. The molecule has 0 fully saturated rings. The van der Waals surface area contributed by atoms with E-state index in [-0.39, 0.29) is 5.91 Å². The van der Waals surface area contributed by atoms with E-state index < -0.39 is 0 Å². The van der Waals surface area contributed by atoms with Gasteiger partial charge in [0.1, 0.15) is 0 Å². The number of hydrogen-bond donors (Lipinski definition) is 2. The fourth-order valence-electron chi connectivity index (χ4n) is 2.31. The zero-order valence-electron chi connectivity index (χ0n) is 13.9. The van der Waals surface area contributed by atoms with Gasteiger partial charge in [-0.2, -0.15) is 4.98 Å². The predicted molar refractivity (Wildman–Crippen MR) is 101 cm³/mol. The lowest BCUT2D eigenvalue weighted by Gasteiger charge is -2.10. The topological polar surface area (TPSA) is 80.0 Å². The second kappa shape index (κ2) is 8.31. The van der Waals surface area contributed by atoms with Crippen molar-refractivity contribution in [2.75, 3.05) is 11.9 Å². The van der Waals surface area contributed by atoms with E-state index in [2.05, 4.69) is 27.4 Å². The molecule has 0 aliphatic heterocycles. The van der Waals surface area contributed by atoms with Crippen molar-refractivity contribution < 1.29 is 9.32 Å². The molecule has 0 spiro atoms. The first-order valence-electron chi connectivity index (χ1n) is 7.98. The number of carbonyl (C=O) groups is 1. The molecule has 0 aliphatic carbocycles. The molecule has 0 radical (unpaired) electrons. The highest BCUT2D eigenvalue weighted by molar-refractivity contribution is 6.30. The molecule has 132 valence electrons. The molecular formula is C19H17ClN4O2. The van der Waals surface area contributed by atoms with E-state index >= 15 is 0 Å². The Hall–Kier alpha value is -3.12. The number of halogens is 1. The van der Waals surface area contributed by atoms with Gasteiger partial charge in [-0.1, -0.05) is 35.0 Å². The lowest BCUT2D eigenvalue weighted by molar-refractivity contribution is 0.0958. The average molecular weight is 369 g/mol. The summed E-state index contributed by atoms with van der Waals surface area (Å²) in [6.07, 6.45) is 1.63. The first-order chi connectivity index (χ1) is 12.7. The fourth-order valence-corrected chi connectivity index (χ4v) is 2.44. The molecule has 0 saturated heterocycles. The van der Waals surface area contributed by atoms with Crippen molar-refractivity contribution in [3.05, 3.63) is 77.7 Å². The van der Waals surface area contributed by atoms with Gasteiger partial charge in [-0.25, -0.2) is 0 Å². The number of nitrogens with zero attached hydrogens (tertiary/aromatic N) is 2. The van der Waals surface area contributed by atoms with Gasteiger partial charge in [0.2, 0.25) is 11.7 Å². The molecule has 0 atom stereocenters. The number of rotatable bonds is 7. The predicted octanol–water partition coefficient (Wildman–Crippen LogP) is 3.92. The van der Waals surface area contributed by atoms with Gasteiger partial charge in [0.15, 0.2) is 0 Å². The third-order valence-corrected chi connectivity index (χ3v) is 3.83. The van der Waals surface area contributed by atoms with Crippen LogP contribution in [-0.4, -0.2) is 22.6 Å². The van der Waals surface area contributed by atoms with E-state index in [1.807, 2.05) is 24.3 Å². The van der Waals surface area contributed by atoms with Crippen molar-refractivity contribution in [1.82, 2.24) is 15.5 Å². The van der Waals surface area contributed by atoms with Crippen molar-refractivity contribution in [2.24, 2.45) is 0 Å². The number of benzene rings is 2. The van der Waals surface area contributed by atoms with Gasteiger partial charge in [0.25, 0.3) is 5.91 Å². The van der Waals surface area contributed by atoms with Crippen LogP contribution in [0.15, 0.2) is 65.7 Å². The lowest BCUT2D eigenvalue weighted by atomic mass is 10.1. The number of anilines is 1. The summed E-state index contributed by atoms with van der Waals surface area (Å²) in [6, 6.07) is 14.4. The molecule has 3 aromatic rings. The van der Waals surface area contributed by atoms with Gasteiger partial charge in [0.05, 0.1) is 12.1 Å². The third-order valence-electron chi connectivity index (χ3n) is 3.58. The highest BCUT2D eigenvalue weighted by Crippen LogP contribution is 2.20. The lowest BCUT2D eigenvalue weighted by Crippen LogP contribution is -2.24. The van der Waals surface area contributed by atoms with Crippen LogP contribution in [-0.2, 0) is 6.54 Å². The van der Waals surface area contributed by atoms with E-state index in [0.717, 1.165) is 5.56 Å². The molecule has 2 N–H and O–H groups in total. The van der Waals surface area contributed by atoms with Crippen molar-refractivity contribution >= 4 is 23.2 Å². The minimum atomic E-state index is -0.180. The highest BCUT2D eigenvalue weighted by atomic mass is 35.5. The Labute approximate surface area is 155 Å². The third kappa shape index (κ3) is 4.29. The van der Waals surface area contributed by atoms with Gasteiger partial charge in [-0.15, -0.1) is 6.58 Å². The van der Waals surface area contributed by atoms with Crippen molar-refractivity contribution in [1.29, 1.82) is 0 Å². The van der Waals surface area contributed by atoms with Crippen molar-refractivity contribution in [2.45, 2.75) is 6.54 Å². The van der Waals surface area contributed by atoms with E-state index in [0.29, 0.717) is 41.1 Å². The summed E-state index contributed by atoms with van der Waals surface area (Å²) < 4.78 is 5.27. The van der Waals surface area contributed by atoms with Crippen LogP contribution in [0.1, 0.15) is 16.2 Å². The Morgan fingerprint density at radius 3 is 2.73 bits per heavy atom. The first-order valence-corrected chi connectivity index (χ1v) is 8.35. The number of amides is 1. The number of para-hydroxylation sites is 1. The van der Waals surface area contributed by atoms with Crippen LogP contribution in [0.2, 0.25) is 5.02 Å². The van der Waals surface area contributed by atoms with E-state index in [9.17, 15) is 4.79 Å². The van der Waals surface area contributed by atoms with Gasteiger partial charge >= 0.3 is 0 Å². The Bertz CT molecular complexity index is 906. The molecular weight excluding hydrogens is 352 g/mol. The van der Waals surface area contributed by atoms with Crippen molar-refractivity contribution in [3.8, 4) is 11.4 Å². The van der Waals surface area contributed by atoms with Crippen LogP contribution in [0, 0.1) is 0 Å². The van der Waals surface area contributed by atoms with Gasteiger partial charge in [-0.05, 0) is 36.4 Å². The highest BCUT2D eigenvalue weighted by Gasteiger charge is 2.12. The molecule has 2 aromatic carbocycles. The molecule has 7 heteroatoms. The standard InChI is InChI=1S/C19H17ClN4O2/c1-2-11-21-19(25)15-5-3-4-6-16(15)22-12-17-23-18(24-26-17)13-7-9-14(20)10-8-13/h2-10,22H,1,11-12H2,(H,21,25). The van der Waals surface area contributed by atoms with Crippen LogP contribution in [0.5, 0.6) is 0 Å². The van der Waals surface area contributed by atoms with Gasteiger partial charge in [0, 0.05) is 22.8 Å². The zero-order chi connectivity index (χ0) is 18.4. The molecule has 1 amide bonds. The Morgan fingerprint density at radius 1 is 1.19 bits per heavy atom. The molecule has 26 heavy (non-hydrogen) atoms. The molecule has 0 unspecified atom stereocenters. The maximum atomic E-state index is 12.2. The Morgan fingerprint density at radius 2 is 1.96 bits per heavy atom. The summed E-state index contributed by atoms with van der Waals surface area (Å²) in [5.74, 6) is 0.715.